The molecule has 0 aliphatic rings. The molecule has 29 heavy (non-hydrogen) atoms. The van der Waals surface area contributed by atoms with E-state index in [-0.39, 0.29) is 11.7 Å². The van der Waals surface area contributed by atoms with Gasteiger partial charge in [0.1, 0.15) is 11.7 Å². The number of rotatable bonds is 5. The monoisotopic (exact) mass is 389 g/mol. The van der Waals surface area contributed by atoms with E-state index in [1.165, 1.54) is 0 Å². The van der Waals surface area contributed by atoms with Gasteiger partial charge >= 0.3 is 5.97 Å². The predicted octanol–water partition coefficient (Wildman–Crippen LogP) is 3.41. The number of carboxylic acids is 1. The van der Waals surface area contributed by atoms with Crippen molar-refractivity contribution in [2.75, 3.05) is 0 Å². The highest BCUT2D eigenvalue weighted by Gasteiger charge is 2.26. The Balaban J connectivity index is 1.74. The maximum absolute atomic E-state index is 11.5. The van der Waals surface area contributed by atoms with Crippen LogP contribution < -0.4 is 0 Å². The number of aromatic hydroxyl groups is 1. The average Bonchev–Trinajstić information content (AvgIpc) is 3.16. The van der Waals surface area contributed by atoms with E-state index in [2.05, 4.69) is 20.5 Å². The molecule has 0 fully saturated rings. The van der Waals surface area contributed by atoms with Gasteiger partial charge in [-0.3, -0.25) is 4.79 Å². The second kappa shape index (κ2) is 7.31. The zero-order valence-corrected chi connectivity index (χ0v) is 15.9. The van der Waals surface area contributed by atoms with E-state index in [0.717, 1.165) is 11.1 Å². The Morgan fingerprint density at radius 3 is 2.55 bits per heavy atom. The third kappa shape index (κ3) is 3.52. The zero-order valence-electron chi connectivity index (χ0n) is 15.9. The van der Waals surface area contributed by atoms with Crippen LogP contribution >= 0.6 is 0 Å². The molecule has 0 radical (unpaired) electrons. The lowest BCUT2D eigenvalue weighted by Crippen LogP contribution is -2.17. The molecule has 2 heterocycles. The van der Waals surface area contributed by atoms with Gasteiger partial charge in [-0.05, 0) is 42.3 Å². The molecule has 1 unspecified atom stereocenters. The van der Waals surface area contributed by atoms with Gasteiger partial charge in [-0.2, -0.15) is 0 Å². The highest BCUT2D eigenvalue weighted by molar-refractivity contribution is 5.84. The molecule has 0 saturated carbocycles. The minimum Gasteiger partial charge on any atom is -0.507 e. The predicted molar refractivity (Wildman–Crippen MR) is 107 cm³/mol. The molecule has 2 aromatic carbocycles. The number of fused-ring (bicyclic) bond motifs is 1. The lowest BCUT2D eigenvalue weighted by Gasteiger charge is -2.12. The molecule has 0 aliphatic carbocycles. The molecule has 1 atom stereocenters. The van der Waals surface area contributed by atoms with Gasteiger partial charge in [-0.15, -0.1) is 15.3 Å². The summed E-state index contributed by atoms with van der Waals surface area (Å²) >= 11 is 0. The fourth-order valence-corrected chi connectivity index (χ4v) is 3.30. The van der Waals surface area contributed by atoms with E-state index in [1.807, 2.05) is 44.2 Å². The number of phenols is 1. The third-order valence-corrected chi connectivity index (χ3v) is 4.78. The van der Waals surface area contributed by atoms with Crippen LogP contribution in [0.15, 0.2) is 54.7 Å². The summed E-state index contributed by atoms with van der Waals surface area (Å²) in [5.74, 6) is -1.62. The minimum atomic E-state index is -0.923. The lowest BCUT2D eigenvalue weighted by molar-refractivity contribution is -0.140. The third-order valence-electron chi connectivity index (χ3n) is 4.78. The van der Waals surface area contributed by atoms with Crippen molar-refractivity contribution in [2.45, 2.75) is 19.8 Å². The number of aliphatic carboxylic acids is 1. The van der Waals surface area contributed by atoms with Crippen LogP contribution in [0.4, 0.5) is 0 Å². The Morgan fingerprint density at radius 1 is 1.03 bits per heavy atom. The first-order valence-corrected chi connectivity index (χ1v) is 9.15. The Labute approximate surface area is 166 Å². The number of para-hydroxylation sites is 1. The van der Waals surface area contributed by atoms with E-state index >= 15 is 0 Å². The van der Waals surface area contributed by atoms with Gasteiger partial charge in [-0.1, -0.05) is 31.2 Å². The van der Waals surface area contributed by atoms with Crippen molar-refractivity contribution in [2.24, 2.45) is 5.92 Å². The second-order valence-corrected chi connectivity index (χ2v) is 7.14. The first kappa shape index (κ1) is 18.5. The van der Waals surface area contributed by atoms with Gasteiger partial charge in [0.15, 0.2) is 0 Å². The molecule has 0 bridgehead atoms. The Hall–Kier alpha value is -3.81. The van der Waals surface area contributed by atoms with Crippen LogP contribution in [0, 0.1) is 5.92 Å². The quantitative estimate of drug-likeness (QED) is 0.537. The molecule has 0 saturated heterocycles. The van der Waals surface area contributed by atoms with Crippen LogP contribution in [0.1, 0.15) is 25.5 Å². The molecule has 0 spiro atoms. The standard InChI is InChI=1S/C21H19N5O3/c1-12(2)20(21(28)29)18-11-26(25-24-18)14-7-8-16-13(9-14)10-17(23-22-16)15-5-3-4-6-19(15)27/h3-12,20,27H,1-2H3,(H,28,29). The molecular formula is C21H19N5O3. The van der Waals surface area contributed by atoms with E-state index in [1.54, 1.807) is 29.1 Å². The normalized spacial score (nSPS) is 12.4. The van der Waals surface area contributed by atoms with Crippen molar-refractivity contribution in [3.05, 3.63) is 60.4 Å². The first-order chi connectivity index (χ1) is 13.9. The van der Waals surface area contributed by atoms with Gasteiger partial charge < -0.3 is 10.2 Å². The summed E-state index contributed by atoms with van der Waals surface area (Å²) in [4.78, 5) is 11.5. The van der Waals surface area contributed by atoms with Gasteiger partial charge in [-0.25, -0.2) is 4.68 Å². The summed E-state index contributed by atoms with van der Waals surface area (Å²) in [6.45, 7) is 3.68. The van der Waals surface area contributed by atoms with Crippen LogP contribution in [-0.2, 0) is 4.79 Å². The molecule has 2 aromatic heterocycles. The molecule has 4 aromatic rings. The average molecular weight is 389 g/mol. The van der Waals surface area contributed by atoms with E-state index in [9.17, 15) is 15.0 Å². The van der Waals surface area contributed by atoms with Crippen LogP contribution in [-0.4, -0.2) is 41.4 Å². The maximum Gasteiger partial charge on any atom is 0.312 e. The summed E-state index contributed by atoms with van der Waals surface area (Å²) in [7, 11) is 0. The Morgan fingerprint density at radius 2 is 1.83 bits per heavy atom. The van der Waals surface area contributed by atoms with E-state index in [0.29, 0.717) is 22.5 Å². The fourth-order valence-electron chi connectivity index (χ4n) is 3.30. The van der Waals surface area contributed by atoms with Gasteiger partial charge in [0.2, 0.25) is 0 Å². The number of carbonyl (C=O) groups is 1. The largest absolute Gasteiger partial charge is 0.507 e. The van der Waals surface area contributed by atoms with Gasteiger partial charge in [0.25, 0.3) is 0 Å². The molecule has 8 nitrogen and oxygen atoms in total. The fraction of sp³-hybridized carbons (Fsp3) is 0.190. The number of hydrogen-bond donors (Lipinski definition) is 2. The molecule has 4 rings (SSSR count). The highest BCUT2D eigenvalue weighted by atomic mass is 16.4. The summed E-state index contributed by atoms with van der Waals surface area (Å²) in [5, 5.41) is 36.9. The van der Waals surface area contributed by atoms with E-state index < -0.39 is 11.9 Å². The first-order valence-electron chi connectivity index (χ1n) is 9.15. The Bertz CT molecular complexity index is 1200. The topological polar surface area (TPSA) is 114 Å². The van der Waals surface area contributed by atoms with Crippen molar-refractivity contribution >= 4 is 16.9 Å². The van der Waals surface area contributed by atoms with Crippen molar-refractivity contribution in [1.82, 2.24) is 25.2 Å². The summed E-state index contributed by atoms with van der Waals surface area (Å²) in [5.41, 5.74) is 2.98. The zero-order chi connectivity index (χ0) is 20.5. The van der Waals surface area contributed by atoms with Gasteiger partial charge in [0, 0.05) is 10.9 Å². The number of nitrogens with zero attached hydrogens (tertiary/aromatic N) is 5. The smallest absolute Gasteiger partial charge is 0.312 e. The maximum atomic E-state index is 11.5. The molecule has 8 heteroatoms. The summed E-state index contributed by atoms with van der Waals surface area (Å²) in [6.07, 6.45) is 1.64. The molecule has 0 aliphatic heterocycles. The minimum absolute atomic E-state index is 0.106. The van der Waals surface area contributed by atoms with Crippen molar-refractivity contribution in [3.8, 4) is 22.7 Å². The van der Waals surface area contributed by atoms with Crippen LogP contribution in [0.2, 0.25) is 0 Å². The second-order valence-electron chi connectivity index (χ2n) is 7.14. The lowest BCUT2D eigenvalue weighted by atomic mass is 9.93. The molecule has 0 amide bonds. The molecule has 146 valence electrons. The number of benzene rings is 2. The van der Waals surface area contributed by atoms with E-state index in [4.69, 9.17) is 0 Å². The Kier molecular flexibility index (Phi) is 4.67. The highest BCUT2D eigenvalue weighted by Crippen LogP contribution is 2.29. The van der Waals surface area contributed by atoms with Crippen LogP contribution in [0.5, 0.6) is 5.75 Å². The molecule has 2 N–H and O–H groups in total. The van der Waals surface area contributed by atoms with Crippen LogP contribution in [0.3, 0.4) is 0 Å². The number of carboxylic acid groups (broad SMARTS) is 1. The summed E-state index contributed by atoms with van der Waals surface area (Å²) < 4.78 is 1.55. The number of aromatic nitrogens is 5. The summed E-state index contributed by atoms with van der Waals surface area (Å²) in [6, 6.07) is 14.3. The van der Waals surface area contributed by atoms with Crippen molar-refractivity contribution in [1.29, 1.82) is 0 Å². The van der Waals surface area contributed by atoms with Crippen molar-refractivity contribution in [3.63, 3.8) is 0 Å². The van der Waals surface area contributed by atoms with Crippen molar-refractivity contribution < 1.29 is 15.0 Å². The molecular weight excluding hydrogens is 370 g/mol. The van der Waals surface area contributed by atoms with Gasteiger partial charge in [0.05, 0.1) is 28.8 Å². The number of hydrogen-bond acceptors (Lipinski definition) is 6. The SMILES string of the molecule is CC(C)C(C(=O)O)c1cn(-c2ccc3nnc(-c4ccccc4O)cc3c2)nn1. The van der Waals surface area contributed by atoms with Crippen LogP contribution in [0.25, 0.3) is 27.8 Å². The number of phenolic OH excluding ortho intramolecular Hbond substituents is 1.